The van der Waals surface area contributed by atoms with E-state index in [1.807, 2.05) is 6.26 Å². The maximum Gasteiger partial charge on any atom is 0.161 e. The molecule has 4 heteroatoms. The average Bonchev–Trinajstić information content (AvgIpc) is 2.70. The van der Waals surface area contributed by atoms with Gasteiger partial charge in [-0.05, 0) is 24.3 Å². The highest BCUT2D eigenvalue weighted by atomic mass is 32.2. The van der Waals surface area contributed by atoms with E-state index >= 15 is 0 Å². The first kappa shape index (κ1) is 9.21. The maximum atomic E-state index is 5.50. The molecular formula is C11H12N2OS. The molecule has 15 heavy (non-hydrogen) atoms. The first-order chi connectivity index (χ1) is 7.31. The minimum atomic E-state index is 0.123. The molecule has 0 aromatic heterocycles. The van der Waals surface area contributed by atoms with Gasteiger partial charge in [0.2, 0.25) is 0 Å². The van der Waals surface area contributed by atoms with E-state index < -0.39 is 0 Å². The summed E-state index contributed by atoms with van der Waals surface area (Å²) in [7, 11) is 0. The van der Waals surface area contributed by atoms with Crippen molar-refractivity contribution in [3.05, 3.63) is 23.3 Å². The lowest BCUT2D eigenvalue weighted by Crippen LogP contribution is -2.35. The Morgan fingerprint density at radius 3 is 3.13 bits per heavy atom. The van der Waals surface area contributed by atoms with Crippen molar-refractivity contribution in [2.45, 2.75) is 13.0 Å². The van der Waals surface area contributed by atoms with Crippen molar-refractivity contribution in [3.63, 3.8) is 0 Å². The standard InChI is InChI=1S/C11H12N2OS/c1-6-3-4-7-5-12-11(15-2)9-8(7)10(6)14-13-9/h3-4,8,10H,5H2,1-2H3/t8-,10-/m1/s1. The fraction of sp³-hybridized carbons (Fsp3) is 0.455. The molecule has 2 atom stereocenters. The van der Waals surface area contributed by atoms with Gasteiger partial charge in [0.15, 0.2) is 6.10 Å². The molecule has 0 N–H and O–H groups in total. The third kappa shape index (κ3) is 1.21. The minimum absolute atomic E-state index is 0.123. The molecule has 3 rings (SSSR count). The highest BCUT2D eigenvalue weighted by Gasteiger charge is 2.43. The molecule has 0 aromatic rings. The zero-order chi connectivity index (χ0) is 10.4. The van der Waals surface area contributed by atoms with Crippen molar-refractivity contribution < 1.29 is 4.84 Å². The Balaban J connectivity index is 2.07. The van der Waals surface area contributed by atoms with Crippen LogP contribution in [0.3, 0.4) is 0 Å². The summed E-state index contributed by atoms with van der Waals surface area (Å²) in [6.07, 6.45) is 6.45. The quantitative estimate of drug-likeness (QED) is 0.626. The fourth-order valence-corrected chi connectivity index (χ4v) is 2.83. The average molecular weight is 220 g/mol. The number of hydrogen-bond acceptors (Lipinski definition) is 4. The van der Waals surface area contributed by atoms with E-state index in [4.69, 9.17) is 4.84 Å². The molecule has 2 heterocycles. The molecule has 0 saturated carbocycles. The van der Waals surface area contributed by atoms with Crippen LogP contribution in [-0.2, 0) is 4.84 Å². The summed E-state index contributed by atoms with van der Waals surface area (Å²) in [4.78, 5) is 10.0. The predicted octanol–water partition coefficient (Wildman–Crippen LogP) is 2.02. The van der Waals surface area contributed by atoms with E-state index in [1.165, 1.54) is 11.1 Å². The van der Waals surface area contributed by atoms with E-state index in [0.29, 0.717) is 5.92 Å². The van der Waals surface area contributed by atoms with Crippen molar-refractivity contribution in [1.82, 2.24) is 0 Å². The second kappa shape index (κ2) is 3.23. The van der Waals surface area contributed by atoms with Crippen molar-refractivity contribution in [1.29, 1.82) is 0 Å². The Labute approximate surface area is 93.0 Å². The Bertz CT molecular complexity index is 434. The van der Waals surface area contributed by atoms with E-state index in [0.717, 1.165) is 17.3 Å². The number of hydrogen-bond donors (Lipinski definition) is 0. The normalized spacial score (nSPS) is 32.1. The second-order valence-corrected chi connectivity index (χ2v) is 4.75. The van der Waals surface area contributed by atoms with Crippen molar-refractivity contribution >= 4 is 22.5 Å². The van der Waals surface area contributed by atoms with Crippen LogP contribution < -0.4 is 0 Å². The Kier molecular flexibility index (Phi) is 1.99. The third-order valence-corrected chi connectivity index (χ3v) is 3.81. The summed E-state index contributed by atoms with van der Waals surface area (Å²) in [5, 5.41) is 5.22. The highest BCUT2D eigenvalue weighted by molar-refractivity contribution is 8.15. The molecule has 78 valence electrons. The van der Waals surface area contributed by atoms with Crippen LogP contribution in [0.1, 0.15) is 6.92 Å². The number of nitrogens with zero attached hydrogens (tertiary/aromatic N) is 2. The monoisotopic (exact) mass is 220 g/mol. The van der Waals surface area contributed by atoms with Gasteiger partial charge >= 0.3 is 0 Å². The molecule has 0 bridgehead atoms. The molecule has 0 spiro atoms. The van der Waals surface area contributed by atoms with E-state index in [2.05, 4.69) is 29.2 Å². The molecule has 0 saturated heterocycles. The molecule has 3 nitrogen and oxygen atoms in total. The van der Waals surface area contributed by atoms with Crippen LogP contribution in [0.2, 0.25) is 0 Å². The van der Waals surface area contributed by atoms with Crippen LogP contribution >= 0.6 is 11.8 Å². The second-order valence-electron chi connectivity index (χ2n) is 3.96. The van der Waals surface area contributed by atoms with Gasteiger partial charge in [-0.25, -0.2) is 0 Å². The lowest BCUT2D eigenvalue weighted by Gasteiger charge is -2.27. The number of allylic oxidation sites excluding steroid dienone is 2. The Morgan fingerprint density at radius 2 is 2.33 bits per heavy atom. The third-order valence-electron chi connectivity index (χ3n) is 3.09. The topological polar surface area (TPSA) is 34.0 Å². The van der Waals surface area contributed by atoms with Gasteiger partial charge in [-0.2, -0.15) is 0 Å². The number of thioether (sulfide) groups is 1. The van der Waals surface area contributed by atoms with Gasteiger partial charge in [-0.1, -0.05) is 17.3 Å². The van der Waals surface area contributed by atoms with Gasteiger partial charge in [0.25, 0.3) is 0 Å². The number of aliphatic imine (C=N–C) groups is 1. The highest BCUT2D eigenvalue weighted by Crippen LogP contribution is 2.37. The summed E-state index contributed by atoms with van der Waals surface area (Å²) in [6, 6.07) is 0. The largest absolute Gasteiger partial charge is 0.387 e. The van der Waals surface area contributed by atoms with Crippen LogP contribution in [0.25, 0.3) is 0 Å². The zero-order valence-electron chi connectivity index (χ0n) is 8.73. The van der Waals surface area contributed by atoms with E-state index in [1.54, 1.807) is 11.8 Å². The summed E-state index contributed by atoms with van der Waals surface area (Å²) < 4.78 is 0. The Hall–Kier alpha value is -1.03. The molecule has 3 aliphatic rings. The van der Waals surface area contributed by atoms with Crippen molar-refractivity contribution in [2.24, 2.45) is 16.1 Å². The first-order valence-corrected chi connectivity index (χ1v) is 6.23. The Morgan fingerprint density at radius 1 is 1.47 bits per heavy atom. The first-order valence-electron chi connectivity index (χ1n) is 5.01. The molecule has 0 fully saturated rings. The predicted molar refractivity (Wildman–Crippen MR) is 63.5 cm³/mol. The zero-order valence-corrected chi connectivity index (χ0v) is 9.54. The molecule has 0 radical (unpaired) electrons. The van der Waals surface area contributed by atoms with Crippen molar-refractivity contribution in [3.8, 4) is 0 Å². The maximum absolute atomic E-state index is 5.50. The molecule has 0 amide bonds. The molecule has 0 aromatic carbocycles. The van der Waals surface area contributed by atoms with Crippen LogP contribution in [0.5, 0.6) is 0 Å². The SMILES string of the molecule is CSC1=NCC2=CC=C(C)[C@H]3ON=C1[C@@H]23. The van der Waals surface area contributed by atoms with Gasteiger partial charge in [0, 0.05) is 0 Å². The minimum Gasteiger partial charge on any atom is -0.387 e. The summed E-state index contributed by atoms with van der Waals surface area (Å²) in [6.45, 7) is 2.89. The van der Waals surface area contributed by atoms with E-state index in [9.17, 15) is 0 Å². The van der Waals surface area contributed by atoms with Crippen LogP contribution in [0.15, 0.2) is 33.4 Å². The lowest BCUT2D eigenvalue weighted by atomic mass is 9.81. The molecular weight excluding hydrogens is 208 g/mol. The van der Waals surface area contributed by atoms with Crippen molar-refractivity contribution in [2.75, 3.05) is 12.8 Å². The lowest BCUT2D eigenvalue weighted by molar-refractivity contribution is 0.0941. The molecule has 1 aliphatic carbocycles. The summed E-state index contributed by atoms with van der Waals surface area (Å²) in [5.74, 6) is 0.329. The van der Waals surface area contributed by atoms with Crippen LogP contribution in [0, 0.1) is 5.92 Å². The van der Waals surface area contributed by atoms with Gasteiger partial charge in [-0.3, -0.25) is 4.99 Å². The van der Waals surface area contributed by atoms with Crippen LogP contribution in [-0.4, -0.2) is 29.7 Å². The van der Waals surface area contributed by atoms with E-state index in [-0.39, 0.29) is 6.10 Å². The molecule has 2 aliphatic heterocycles. The van der Waals surface area contributed by atoms with Gasteiger partial charge in [0.1, 0.15) is 10.8 Å². The molecule has 0 unspecified atom stereocenters. The smallest absolute Gasteiger partial charge is 0.161 e. The fourth-order valence-electron chi connectivity index (χ4n) is 2.26. The number of oxime groups is 1. The number of rotatable bonds is 0. The van der Waals surface area contributed by atoms with Gasteiger partial charge in [-0.15, -0.1) is 11.8 Å². The summed E-state index contributed by atoms with van der Waals surface area (Å²) in [5.41, 5.74) is 3.61. The van der Waals surface area contributed by atoms with Gasteiger partial charge < -0.3 is 4.84 Å². The van der Waals surface area contributed by atoms with Gasteiger partial charge in [0.05, 0.1) is 12.5 Å². The summed E-state index contributed by atoms with van der Waals surface area (Å²) >= 11 is 1.65. The van der Waals surface area contributed by atoms with Crippen LogP contribution in [0.4, 0.5) is 0 Å².